The molecule has 1 fully saturated rings. The van der Waals surface area contributed by atoms with Gasteiger partial charge >= 0.3 is 0 Å². The molecule has 3 aromatic carbocycles. The molecule has 0 aromatic heterocycles. The molecule has 3 aromatic rings. The van der Waals surface area contributed by atoms with E-state index in [0.29, 0.717) is 65.4 Å². The van der Waals surface area contributed by atoms with Crippen molar-refractivity contribution in [2.75, 3.05) is 85.4 Å². The van der Waals surface area contributed by atoms with Crippen molar-refractivity contribution >= 4 is 29.1 Å². The highest BCUT2D eigenvalue weighted by Crippen LogP contribution is 2.32. The molecule has 1 N–H and O–H groups in total. The maximum absolute atomic E-state index is 13.7. The number of carbonyl (C=O) groups excluding carboxylic acids is 3. The van der Waals surface area contributed by atoms with Crippen LogP contribution in [0.2, 0.25) is 0 Å². The third kappa shape index (κ3) is 11.4. The normalized spacial score (nSPS) is 13.3. The number of amides is 3. The van der Waals surface area contributed by atoms with Crippen molar-refractivity contribution < 1.29 is 28.6 Å². The van der Waals surface area contributed by atoms with Crippen LogP contribution in [-0.4, -0.2) is 114 Å². The topological polar surface area (TPSA) is 104 Å². The molecule has 1 aliphatic heterocycles. The van der Waals surface area contributed by atoms with Crippen LogP contribution < -0.4 is 24.4 Å². The molecule has 1 saturated heterocycles. The Labute approximate surface area is 309 Å². The molecule has 0 spiro atoms. The zero-order valence-corrected chi connectivity index (χ0v) is 32.1. The van der Waals surface area contributed by atoms with Crippen molar-refractivity contribution in [3.8, 4) is 17.2 Å². The summed E-state index contributed by atoms with van der Waals surface area (Å²) in [7, 11) is 11.4. The first kappa shape index (κ1) is 40.2. The summed E-state index contributed by atoms with van der Waals surface area (Å²) in [5.74, 6) is 1.13. The molecule has 0 unspecified atom stereocenters. The van der Waals surface area contributed by atoms with E-state index in [2.05, 4.69) is 29.2 Å². The number of unbranched alkanes of at least 4 members (excludes halogenated alkanes) is 2. The number of methoxy groups -OCH3 is 1. The second-order valence-corrected chi connectivity index (χ2v) is 13.9. The number of piperidine rings is 1. The predicted octanol–water partition coefficient (Wildman–Crippen LogP) is 6.35. The molecule has 282 valence electrons. The minimum Gasteiger partial charge on any atom is -0.495 e. The SMILES string of the molecule is COc1cc(C(=O)N(C)c2ccc(C)cc2OCCCCCC(=O)N2CCC(N(C)C)CC2)ccc1NC(=O)c1ccccc1OCCCN(C)C. The van der Waals surface area contributed by atoms with Crippen LogP contribution in [0.25, 0.3) is 0 Å². The van der Waals surface area contributed by atoms with Crippen LogP contribution in [0.3, 0.4) is 0 Å². The first-order chi connectivity index (χ1) is 25.0. The Morgan fingerprint density at radius 3 is 2.23 bits per heavy atom. The summed E-state index contributed by atoms with van der Waals surface area (Å²) in [5.41, 5.74) is 2.90. The van der Waals surface area contributed by atoms with Gasteiger partial charge in [0.2, 0.25) is 5.91 Å². The van der Waals surface area contributed by atoms with E-state index < -0.39 is 0 Å². The molecule has 1 aliphatic rings. The zero-order valence-electron chi connectivity index (χ0n) is 32.1. The van der Waals surface area contributed by atoms with E-state index in [-0.39, 0.29) is 17.7 Å². The second-order valence-electron chi connectivity index (χ2n) is 13.9. The lowest BCUT2D eigenvalue weighted by atomic mass is 10.0. The van der Waals surface area contributed by atoms with Crippen LogP contribution >= 0.6 is 0 Å². The van der Waals surface area contributed by atoms with Crippen molar-refractivity contribution in [1.82, 2.24) is 14.7 Å². The monoisotopic (exact) mass is 715 g/mol. The van der Waals surface area contributed by atoms with Crippen LogP contribution in [0.4, 0.5) is 11.4 Å². The largest absolute Gasteiger partial charge is 0.495 e. The highest BCUT2D eigenvalue weighted by atomic mass is 16.5. The quantitative estimate of drug-likeness (QED) is 0.152. The standard InChI is InChI=1S/C41H57N5O6/c1-30-17-20-35(38(28-30)52-26-12-8-9-16-39(47)46-24-21-32(22-25-46)44(4)5)45(6)41(49)31-18-19-34(37(29-31)50-7)42-40(48)33-14-10-11-15-36(33)51-27-13-23-43(2)3/h10-11,14-15,17-20,28-29,32H,8-9,12-13,16,21-27H2,1-7H3,(H,42,48). The maximum Gasteiger partial charge on any atom is 0.259 e. The molecular formula is C41H57N5O6. The fourth-order valence-corrected chi connectivity index (χ4v) is 6.30. The Balaban J connectivity index is 1.32. The van der Waals surface area contributed by atoms with E-state index in [4.69, 9.17) is 14.2 Å². The number of aryl methyl sites for hydroxylation is 1. The lowest BCUT2D eigenvalue weighted by Gasteiger charge is -2.35. The molecule has 0 atom stereocenters. The Bertz CT molecular complexity index is 1640. The number of hydrogen-bond acceptors (Lipinski definition) is 8. The van der Waals surface area contributed by atoms with E-state index >= 15 is 0 Å². The third-order valence-corrected chi connectivity index (χ3v) is 9.46. The first-order valence-electron chi connectivity index (χ1n) is 18.3. The Kier molecular flexibility index (Phi) is 15.3. The number of likely N-dealkylation sites (tertiary alicyclic amines) is 1. The van der Waals surface area contributed by atoms with Gasteiger partial charge in [-0.1, -0.05) is 18.2 Å². The number of ether oxygens (including phenoxy) is 3. The van der Waals surface area contributed by atoms with Crippen molar-refractivity contribution in [3.63, 3.8) is 0 Å². The summed E-state index contributed by atoms with van der Waals surface area (Å²) in [6.07, 6.45) is 5.96. The number of anilines is 2. The minimum absolute atomic E-state index is 0.243. The number of nitrogens with zero attached hydrogens (tertiary/aromatic N) is 4. The van der Waals surface area contributed by atoms with E-state index in [0.717, 1.165) is 63.7 Å². The van der Waals surface area contributed by atoms with Gasteiger partial charge in [-0.3, -0.25) is 14.4 Å². The predicted molar refractivity (Wildman–Crippen MR) is 207 cm³/mol. The summed E-state index contributed by atoms with van der Waals surface area (Å²) in [4.78, 5) is 47.7. The smallest absolute Gasteiger partial charge is 0.259 e. The number of rotatable bonds is 18. The summed E-state index contributed by atoms with van der Waals surface area (Å²) >= 11 is 0. The van der Waals surface area contributed by atoms with Gasteiger partial charge in [0.05, 0.1) is 37.3 Å². The summed E-state index contributed by atoms with van der Waals surface area (Å²) in [5, 5.41) is 2.92. The van der Waals surface area contributed by atoms with Gasteiger partial charge in [-0.05, 0) is 122 Å². The minimum atomic E-state index is -0.342. The average molecular weight is 716 g/mol. The van der Waals surface area contributed by atoms with Crippen LogP contribution in [0.1, 0.15) is 71.2 Å². The fraction of sp³-hybridized carbons (Fsp3) is 0.488. The van der Waals surface area contributed by atoms with Crippen LogP contribution in [0, 0.1) is 6.92 Å². The molecule has 11 nitrogen and oxygen atoms in total. The van der Waals surface area contributed by atoms with Gasteiger partial charge in [0.25, 0.3) is 11.8 Å². The van der Waals surface area contributed by atoms with Gasteiger partial charge in [-0.2, -0.15) is 0 Å². The van der Waals surface area contributed by atoms with Crippen molar-refractivity contribution in [3.05, 3.63) is 77.4 Å². The van der Waals surface area contributed by atoms with E-state index in [1.54, 1.807) is 48.3 Å². The van der Waals surface area contributed by atoms with Crippen molar-refractivity contribution in [2.24, 2.45) is 0 Å². The number of carbonyl (C=O) groups is 3. The van der Waals surface area contributed by atoms with Gasteiger partial charge in [0, 0.05) is 44.7 Å². The highest BCUT2D eigenvalue weighted by molar-refractivity contribution is 6.09. The van der Waals surface area contributed by atoms with Gasteiger partial charge in [0.1, 0.15) is 17.2 Å². The third-order valence-electron chi connectivity index (χ3n) is 9.46. The van der Waals surface area contributed by atoms with Gasteiger partial charge in [0.15, 0.2) is 0 Å². The van der Waals surface area contributed by atoms with Gasteiger partial charge < -0.3 is 39.1 Å². The van der Waals surface area contributed by atoms with Crippen LogP contribution in [0.5, 0.6) is 17.2 Å². The first-order valence-corrected chi connectivity index (χ1v) is 18.3. The molecule has 3 amide bonds. The number of nitrogens with one attached hydrogen (secondary N) is 1. The lowest BCUT2D eigenvalue weighted by molar-refractivity contribution is -0.132. The number of hydrogen-bond donors (Lipinski definition) is 1. The molecule has 52 heavy (non-hydrogen) atoms. The molecule has 0 radical (unpaired) electrons. The molecule has 4 rings (SSSR count). The maximum atomic E-state index is 13.7. The highest BCUT2D eigenvalue weighted by Gasteiger charge is 2.24. The second kappa shape index (κ2) is 19.8. The molecular weight excluding hydrogens is 658 g/mol. The Hall–Kier alpha value is -4.61. The molecule has 0 aliphatic carbocycles. The van der Waals surface area contributed by atoms with E-state index in [9.17, 15) is 14.4 Å². The zero-order chi connectivity index (χ0) is 37.6. The summed E-state index contributed by atoms with van der Waals surface area (Å²) in [6, 6.07) is 18.4. The number of benzene rings is 3. The Morgan fingerprint density at radius 2 is 1.52 bits per heavy atom. The lowest BCUT2D eigenvalue weighted by Crippen LogP contribution is -2.44. The molecule has 0 bridgehead atoms. The van der Waals surface area contributed by atoms with E-state index in [1.807, 2.05) is 50.2 Å². The number of para-hydroxylation sites is 1. The molecule has 11 heteroatoms. The summed E-state index contributed by atoms with van der Waals surface area (Å²) < 4.78 is 17.7. The van der Waals surface area contributed by atoms with Gasteiger partial charge in [-0.15, -0.1) is 0 Å². The van der Waals surface area contributed by atoms with Crippen LogP contribution in [-0.2, 0) is 4.79 Å². The molecule has 1 heterocycles. The van der Waals surface area contributed by atoms with Crippen molar-refractivity contribution in [1.29, 1.82) is 0 Å². The van der Waals surface area contributed by atoms with Gasteiger partial charge in [-0.25, -0.2) is 0 Å². The summed E-state index contributed by atoms with van der Waals surface area (Å²) in [6.45, 7) is 5.51. The van der Waals surface area contributed by atoms with Crippen molar-refractivity contribution in [2.45, 2.75) is 57.9 Å². The average Bonchev–Trinajstić information content (AvgIpc) is 3.14. The Morgan fingerprint density at radius 1 is 0.808 bits per heavy atom. The van der Waals surface area contributed by atoms with Crippen LogP contribution in [0.15, 0.2) is 60.7 Å². The molecule has 0 saturated carbocycles. The van der Waals surface area contributed by atoms with E-state index in [1.165, 1.54) is 7.11 Å². The fourth-order valence-electron chi connectivity index (χ4n) is 6.30.